The fourth-order valence-electron chi connectivity index (χ4n) is 3.49. The Kier molecular flexibility index (Phi) is 5.44. The SMILES string of the molecule is Cc1ccc(C(=O)c2ccccc2-c2nc(C3(N)CCCC3)no2)cc1.Cl. The van der Waals surface area contributed by atoms with Crippen LogP contribution < -0.4 is 5.73 Å². The highest BCUT2D eigenvalue weighted by Gasteiger charge is 2.36. The first-order chi connectivity index (χ1) is 12.6. The standard InChI is InChI=1S/C21H21N3O2.ClH/c1-14-8-10-15(11-9-14)18(25)16-6-2-3-7-17(16)19-23-20(24-26-19)21(22)12-4-5-13-21;/h2-3,6-11H,4-5,12-13,22H2,1H3;1H. The van der Waals surface area contributed by atoms with E-state index in [-0.39, 0.29) is 18.2 Å². The molecule has 2 aromatic carbocycles. The largest absolute Gasteiger partial charge is 0.334 e. The van der Waals surface area contributed by atoms with Gasteiger partial charge in [-0.25, -0.2) is 0 Å². The molecule has 5 nitrogen and oxygen atoms in total. The van der Waals surface area contributed by atoms with Gasteiger partial charge in [-0.15, -0.1) is 12.4 Å². The van der Waals surface area contributed by atoms with E-state index < -0.39 is 5.54 Å². The first kappa shape index (κ1) is 19.3. The van der Waals surface area contributed by atoms with Crippen LogP contribution >= 0.6 is 12.4 Å². The molecule has 0 saturated heterocycles. The molecule has 0 unspecified atom stereocenters. The Balaban J connectivity index is 0.00000210. The van der Waals surface area contributed by atoms with Crippen LogP contribution in [0.4, 0.5) is 0 Å². The van der Waals surface area contributed by atoms with Gasteiger partial charge in [0.15, 0.2) is 11.6 Å². The number of nitrogens with zero attached hydrogens (tertiary/aromatic N) is 2. The molecule has 0 atom stereocenters. The number of benzene rings is 2. The summed E-state index contributed by atoms with van der Waals surface area (Å²) in [6.07, 6.45) is 3.86. The summed E-state index contributed by atoms with van der Waals surface area (Å²) in [5.41, 5.74) is 8.83. The van der Waals surface area contributed by atoms with Gasteiger partial charge < -0.3 is 10.3 Å². The maximum atomic E-state index is 13.0. The highest BCUT2D eigenvalue weighted by atomic mass is 35.5. The van der Waals surface area contributed by atoms with E-state index in [2.05, 4.69) is 10.1 Å². The van der Waals surface area contributed by atoms with Crippen molar-refractivity contribution >= 4 is 18.2 Å². The average Bonchev–Trinajstić information content (AvgIpc) is 3.32. The number of ketones is 1. The molecule has 3 aromatic rings. The van der Waals surface area contributed by atoms with Crippen molar-refractivity contribution in [3.05, 3.63) is 71.0 Å². The van der Waals surface area contributed by atoms with Crippen LogP contribution in [0.3, 0.4) is 0 Å². The lowest BCUT2D eigenvalue weighted by atomic mass is 9.97. The summed E-state index contributed by atoms with van der Waals surface area (Å²) in [4.78, 5) is 17.5. The topological polar surface area (TPSA) is 82.0 Å². The Bertz CT molecular complexity index is 944. The summed E-state index contributed by atoms with van der Waals surface area (Å²) in [5.74, 6) is 0.805. The highest BCUT2D eigenvalue weighted by molar-refractivity contribution is 6.12. The molecule has 6 heteroatoms. The number of aryl methyl sites for hydroxylation is 1. The molecule has 1 saturated carbocycles. The Labute approximate surface area is 164 Å². The molecule has 27 heavy (non-hydrogen) atoms. The smallest absolute Gasteiger partial charge is 0.258 e. The number of nitrogens with two attached hydrogens (primary N) is 1. The van der Waals surface area contributed by atoms with E-state index in [1.165, 1.54) is 0 Å². The Morgan fingerprint density at radius 3 is 2.44 bits per heavy atom. The molecule has 1 fully saturated rings. The van der Waals surface area contributed by atoms with Crippen molar-refractivity contribution in [3.8, 4) is 11.5 Å². The van der Waals surface area contributed by atoms with Crippen LogP contribution in [0.25, 0.3) is 11.5 Å². The predicted molar refractivity (Wildman–Crippen MR) is 106 cm³/mol. The monoisotopic (exact) mass is 383 g/mol. The third-order valence-electron chi connectivity index (χ3n) is 5.08. The normalized spacial score (nSPS) is 15.3. The number of rotatable bonds is 4. The van der Waals surface area contributed by atoms with Gasteiger partial charge in [-0.1, -0.05) is 66.0 Å². The maximum absolute atomic E-state index is 13.0. The Morgan fingerprint density at radius 2 is 1.74 bits per heavy atom. The molecule has 0 amide bonds. The zero-order valence-electron chi connectivity index (χ0n) is 15.1. The molecule has 0 radical (unpaired) electrons. The number of aromatic nitrogens is 2. The molecule has 1 aliphatic carbocycles. The van der Waals surface area contributed by atoms with Crippen molar-refractivity contribution in [2.24, 2.45) is 5.73 Å². The minimum Gasteiger partial charge on any atom is -0.334 e. The van der Waals surface area contributed by atoms with Gasteiger partial charge in [-0.05, 0) is 25.8 Å². The highest BCUT2D eigenvalue weighted by Crippen LogP contribution is 2.36. The minimum absolute atomic E-state index is 0. The third-order valence-corrected chi connectivity index (χ3v) is 5.08. The van der Waals surface area contributed by atoms with Gasteiger partial charge in [0.2, 0.25) is 0 Å². The second kappa shape index (κ2) is 7.62. The van der Waals surface area contributed by atoms with E-state index in [1.807, 2.05) is 49.4 Å². The van der Waals surface area contributed by atoms with E-state index >= 15 is 0 Å². The molecule has 2 N–H and O–H groups in total. The van der Waals surface area contributed by atoms with Crippen LogP contribution in [0.2, 0.25) is 0 Å². The van der Waals surface area contributed by atoms with E-state index in [9.17, 15) is 4.79 Å². The van der Waals surface area contributed by atoms with Crippen LogP contribution in [0, 0.1) is 6.92 Å². The summed E-state index contributed by atoms with van der Waals surface area (Å²) < 4.78 is 5.48. The van der Waals surface area contributed by atoms with Crippen molar-refractivity contribution in [2.45, 2.75) is 38.1 Å². The molecule has 140 valence electrons. The first-order valence-electron chi connectivity index (χ1n) is 8.91. The number of hydrogen-bond donors (Lipinski definition) is 1. The lowest BCUT2D eigenvalue weighted by Crippen LogP contribution is -2.34. The van der Waals surface area contributed by atoms with E-state index in [0.29, 0.717) is 28.4 Å². The van der Waals surface area contributed by atoms with Gasteiger partial charge in [0.1, 0.15) is 0 Å². The van der Waals surface area contributed by atoms with Gasteiger partial charge >= 0.3 is 0 Å². The Hall–Kier alpha value is -2.50. The van der Waals surface area contributed by atoms with E-state index in [0.717, 1.165) is 31.2 Å². The number of halogens is 1. The van der Waals surface area contributed by atoms with Crippen LogP contribution in [0.15, 0.2) is 53.1 Å². The van der Waals surface area contributed by atoms with Crippen LogP contribution in [0.5, 0.6) is 0 Å². The van der Waals surface area contributed by atoms with Crippen LogP contribution in [0.1, 0.15) is 53.0 Å². The number of carbonyl (C=O) groups excluding carboxylic acids is 1. The quantitative estimate of drug-likeness (QED) is 0.674. The van der Waals surface area contributed by atoms with Gasteiger partial charge in [0.05, 0.1) is 11.1 Å². The predicted octanol–water partition coefficient (Wildman–Crippen LogP) is 4.43. The molecule has 1 heterocycles. The third kappa shape index (κ3) is 3.66. The molecular weight excluding hydrogens is 362 g/mol. The molecule has 0 spiro atoms. The van der Waals surface area contributed by atoms with E-state index in [1.54, 1.807) is 6.07 Å². The summed E-state index contributed by atoms with van der Waals surface area (Å²) in [7, 11) is 0. The van der Waals surface area contributed by atoms with Gasteiger partial charge in [0.25, 0.3) is 5.89 Å². The van der Waals surface area contributed by atoms with Crippen molar-refractivity contribution in [2.75, 3.05) is 0 Å². The number of carbonyl (C=O) groups is 1. The Morgan fingerprint density at radius 1 is 1.07 bits per heavy atom. The van der Waals surface area contributed by atoms with Gasteiger partial charge in [-0.2, -0.15) is 4.98 Å². The zero-order chi connectivity index (χ0) is 18.1. The fraction of sp³-hybridized carbons (Fsp3) is 0.286. The zero-order valence-corrected chi connectivity index (χ0v) is 16.0. The fourth-order valence-corrected chi connectivity index (χ4v) is 3.49. The molecular formula is C21H22ClN3O2. The summed E-state index contributed by atoms with van der Waals surface area (Å²) in [5, 5.41) is 4.11. The minimum atomic E-state index is -0.516. The summed E-state index contributed by atoms with van der Waals surface area (Å²) in [6.45, 7) is 1.99. The maximum Gasteiger partial charge on any atom is 0.258 e. The van der Waals surface area contributed by atoms with Crippen molar-refractivity contribution in [1.82, 2.24) is 10.1 Å². The summed E-state index contributed by atoms with van der Waals surface area (Å²) in [6, 6.07) is 14.8. The lowest BCUT2D eigenvalue weighted by Gasteiger charge is -2.17. The van der Waals surface area contributed by atoms with Crippen molar-refractivity contribution in [1.29, 1.82) is 0 Å². The van der Waals surface area contributed by atoms with Crippen LogP contribution in [-0.2, 0) is 5.54 Å². The molecule has 0 aliphatic heterocycles. The van der Waals surface area contributed by atoms with Crippen LogP contribution in [-0.4, -0.2) is 15.9 Å². The van der Waals surface area contributed by atoms with E-state index in [4.69, 9.17) is 10.3 Å². The number of hydrogen-bond acceptors (Lipinski definition) is 5. The molecule has 0 bridgehead atoms. The first-order valence-corrected chi connectivity index (χ1v) is 8.91. The second-order valence-corrected chi connectivity index (χ2v) is 7.03. The van der Waals surface area contributed by atoms with Gasteiger partial charge in [0, 0.05) is 11.1 Å². The lowest BCUT2D eigenvalue weighted by molar-refractivity contribution is 0.103. The average molecular weight is 384 g/mol. The molecule has 1 aromatic heterocycles. The van der Waals surface area contributed by atoms with Gasteiger partial charge in [-0.3, -0.25) is 4.79 Å². The van der Waals surface area contributed by atoms with Crippen molar-refractivity contribution < 1.29 is 9.32 Å². The van der Waals surface area contributed by atoms with Crippen molar-refractivity contribution in [3.63, 3.8) is 0 Å². The second-order valence-electron chi connectivity index (χ2n) is 7.03. The summed E-state index contributed by atoms with van der Waals surface area (Å²) >= 11 is 0. The molecule has 4 rings (SSSR count). The molecule has 1 aliphatic rings.